The van der Waals surface area contributed by atoms with E-state index < -0.39 is 97.3 Å². The summed E-state index contributed by atoms with van der Waals surface area (Å²) in [6, 6.07) is 7.03. The Morgan fingerprint density at radius 1 is 1.00 bits per heavy atom. The summed E-state index contributed by atoms with van der Waals surface area (Å²) in [7, 11) is 0. The molecule has 2 aromatic carbocycles. The van der Waals surface area contributed by atoms with Crippen molar-refractivity contribution in [2.24, 2.45) is 0 Å². The quantitative estimate of drug-likeness (QED) is 0.193. The molecule has 0 unspecified atom stereocenters. The predicted octanol–water partition coefficient (Wildman–Crippen LogP) is -1.51. The summed E-state index contributed by atoms with van der Waals surface area (Å²) in [4.78, 5) is 13.1. The topological polar surface area (TPSA) is 236 Å². The van der Waals surface area contributed by atoms with Crippen molar-refractivity contribution in [1.29, 1.82) is 0 Å². The number of rotatable bonds is 6. The Kier molecular flexibility index (Phi) is 7.64. The van der Waals surface area contributed by atoms with Gasteiger partial charge in [-0.2, -0.15) is 0 Å². The average Bonchev–Trinajstić information content (AvgIpc) is 3.21. The first-order chi connectivity index (χ1) is 18.9. The maximum Gasteiger partial charge on any atom is 0.186 e. The van der Waals surface area contributed by atoms with Crippen LogP contribution in [0.1, 0.15) is 40.1 Å². The van der Waals surface area contributed by atoms with Crippen molar-refractivity contribution >= 4 is 5.78 Å². The van der Waals surface area contributed by atoms with Gasteiger partial charge in [0.25, 0.3) is 0 Å². The predicted molar refractivity (Wildman–Crippen MR) is 130 cm³/mol. The zero-order valence-corrected chi connectivity index (χ0v) is 20.9. The molecular weight excluding hydrogens is 536 g/mol. The number of benzene rings is 2. The molecule has 0 amide bonds. The number of aliphatic hydroxyl groups is 6. The Morgan fingerprint density at radius 3 is 2.35 bits per heavy atom. The first-order valence-electron chi connectivity index (χ1n) is 12.5. The first-order valence-corrected chi connectivity index (χ1v) is 12.5. The highest BCUT2D eigenvalue weighted by molar-refractivity contribution is 6.03. The van der Waals surface area contributed by atoms with Crippen molar-refractivity contribution in [3.8, 4) is 23.0 Å². The lowest BCUT2D eigenvalue weighted by Crippen LogP contribution is -2.56. The van der Waals surface area contributed by atoms with Gasteiger partial charge in [-0.15, -0.1) is 0 Å². The van der Waals surface area contributed by atoms with Gasteiger partial charge in [0.1, 0.15) is 76.9 Å². The number of carbonyl (C=O) groups is 1. The number of carbonyl (C=O) groups excluding carboxylic acids is 1. The van der Waals surface area contributed by atoms with Crippen molar-refractivity contribution in [1.82, 2.24) is 0 Å². The van der Waals surface area contributed by atoms with E-state index in [4.69, 9.17) is 18.9 Å². The monoisotopic (exact) mass is 566 g/mol. The van der Waals surface area contributed by atoms with Gasteiger partial charge in [0.2, 0.25) is 0 Å². The molecule has 0 bridgehead atoms. The lowest BCUT2D eigenvalue weighted by Gasteiger charge is -2.41. The number of hydrogen-bond acceptors (Lipinski definition) is 14. The molecule has 3 aliphatic heterocycles. The largest absolute Gasteiger partial charge is 0.508 e. The third-order valence-electron chi connectivity index (χ3n) is 7.47. The van der Waals surface area contributed by atoms with E-state index in [-0.39, 0.29) is 23.5 Å². The molecule has 3 heterocycles. The number of hydrogen-bond donors (Lipinski definition) is 9. The number of aromatic hydroxyl groups is 3. The highest BCUT2D eigenvalue weighted by atomic mass is 16.7. The van der Waals surface area contributed by atoms with Crippen molar-refractivity contribution in [2.45, 2.75) is 61.0 Å². The molecule has 0 radical (unpaired) electrons. The Morgan fingerprint density at radius 2 is 1.70 bits per heavy atom. The van der Waals surface area contributed by atoms with Gasteiger partial charge in [0.05, 0.1) is 31.8 Å². The minimum absolute atomic E-state index is 0.0203. The van der Waals surface area contributed by atoms with E-state index in [1.54, 1.807) is 12.1 Å². The highest BCUT2D eigenvalue weighted by Gasteiger charge is 2.51. The number of aliphatic hydroxyl groups excluding tert-OH is 5. The van der Waals surface area contributed by atoms with Crippen LogP contribution in [0, 0.1) is 0 Å². The smallest absolute Gasteiger partial charge is 0.186 e. The second kappa shape index (κ2) is 10.7. The van der Waals surface area contributed by atoms with Gasteiger partial charge in [0.15, 0.2) is 12.1 Å². The van der Waals surface area contributed by atoms with E-state index in [0.29, 0.717) is 5.56 Å². The molecule has 14 heteroatoms. The van der Waals surface area contributed by atoms with Gasteiger partial charge < -0.3 is 64.9 Å². The minimum atomic E-state index is -1.97. The fraction of sp³-hybridized carbons (Fsp3) is 0.500. The zero-order valence-electron chi connectivity index (χ0n) is 20.9. The van der Waals surface area contributed by atoms with Gasteiger partial charge in [-0.3, -0.25) is 4.79 Å². The second-order valence-electron chi connectivity index (χ2n) is 10.1. The van der Waals surface area contributed by atoms with E-state index in [1.165, 1.54) is 12.1 Å². The minimum Gasteiger partial charge on any atom is -0.508 e. The molecule has 14 nitrogen and oxygen atoms in total. The number of ether oxygens (including phenoxy) is 4. The summed E-state index contributed by atoms with van der Waals surface area (Å²) >= 11 is 0. The van der Waals surface area contributed by atoms with Gasteiger partial charge in [0, 0.05) is 6.07 Å². The molecule has 2 saturated heterocycles. The summed E-state index contributed by atoms with van der Waals surface area (Å²) in [5.41, 5.74) is -2.11. The Hall–Kier alpha value is -3.05. The molecular formula is C26H30O14. The summed E-state index contributed by atoms with van der Waals surface area (Å²) < 4.78 is 22.1. The molecule has 5 rings (SSSR count). The standard InChI is InChI=1S/C26H30O14/c27-8-26(36)9-38-25(24(26)35)37-7-16-19(31)21(33)22(34)23(40-16)18-13(30)6-15-17(20(18)32)12(29)5-14(39-15)10-1-3-11(28)4-2-10/h1-4,6,14,16,19,21-25,27-28,30-36H,5,7-9H2/t14-,16-,19-,21+,22-,23-,24+,25+,26-/m1/s1. The van der Waals surface area contributed by atoms with E-state index in [0.717, 1.165) is 6.07 Å². The molecule has 40 heavy (non-hydrogen) atoms. The number of phenolic OH excluding ortho intramolecular Hbond substituents is 3. The van der Waals surface area contributed by atoms with Crippen LogP contribution in [-0.4, -0.2) is 114 Å². The van der Waals surface area contributed by atoms with E-state index in [9.17, 15) is 50.8 Å². The fourth-order valence-electron chi connectivity index (χ4n) is 5.08. The van der Waals surface area contributed by atoms with Crippen molar-refractivity contribution < 1.29 is 69.7 Å². The van der Waals surface area contributed by atoms with Crippen LogP contribution in [0.5, 0.6) is 23.0 Å². The van der Waals surface area contributed by atoms with Crippen LogP contribution in [-0.2, 0) is 14.2 Å². The summed E-state index contributed by atoms with van der Waals surface area (Å²) in [5.74, 6) is -2.05. The third-order valence-corrected chi connectivity index (χ3v) is 7.47. The molecule has 3 aliphatic rings. The van der Waals surface area contributed by atoms with Crippen molar-refractivity contribution in [3.63, 3.8) is 0 Å². The lowest BCUT2D eigenvalue weighted by atomic mass is 9.87. The first kappa shape index (κ1) is 28.5. The van der Waals surface area contributed by atoms with Crippen molar-refractivity contribution in [2.75, 3.05) is 19.8 Å². The fourth-order valence-corrected chi connectivity index (χ4v) is 5.08. The molecule has 9 atom stereocenters. The van der Waals surface area contributed by atoms with Gasteiger partial charge in [-0.1, -0.05) is 12.1 Å². The summed E-state index contributed by atoms with van der Waals surface area (Å²) in [5, 5.41) is 92.6. The zero-order chi connectivity index (χ0) is 28.9. The highest BCUT2D eigenvalue weighted by Crippen LogP contribution is 2.49. The molecule has 2 fully saturated rings. The Bertz CT molecular complexity index is 1250. The maximum absolute atomic E-state index is 13.1. The normalized spacial score (nSPS) is 35.8. The van der Waals surface area contributed by atoms with Crippen LogP contribution in [0.2, 0.25) is 0 Å². The molecule has 2 aromatic rings. The summed E-state index contributed by atoms with van der Waals surface area (Å²) in [6.45, 7) is -1.79. The molecule has 0 aliphatic carbocycles. The third kappa shape index (κ3) is 4.87. The number of ketones is 1. The number of phenols is 3. The number of fused-ring (bicyclic) bond motifs is 1. The van der Waals surface area contributed by atoms with E-state index in [2.05, 4.69) is 0 Å². The molecule has 218 valence electrons. The average molecular weight is 567 g/mol. The van der Waals surface area contributed by atoms with E-state index in [1.807, 2.05) is 0 Å². The van der Waals surface area contributed by atoms with E-state index >= 15 is 0 Å². The molecule has 0 saturated carbocycles. The van der Waals surface area contributed by atoms with Gasteiger partial charge in [-0.05, 0) is 17.7 Å². The van der Waals surface area contributed by atoms with Crippen molar-refractivity contribution in [3.05, 3.63) is 47.0 Å². The van der Waals surface area contributed by atoms with Crippen LogP contribution in [0.3, 0.4) is 0 Å². The molecule has 0 spiro atoms. The second-order valence-corrected chi connectivity index (χ2v) is 10.1. The van der Waals surface area contributed by atoms with Gasteiger partial charge in [-0.25, -0.2) is 0 Å². The van der Waals surface area contributed by atoms with Crippen LogP contribution >= 0.6 is 0 Å². The SMILES string of the molecule is O=C1C[C@H](c2ccc(O)cc2)Oc2cc(O)c([C@H]3O[C@H](CO[C@H]4OC[C@](O)(CO)[C@H]4O)[C@@H](O)[C@H](O)[C@H]3O)c(O)c21. The lowest BCUT2D eigenvalue weighted by molar-refractivity contribution is -0.253. The maximum atomic E-state index is 13.1. The Labute approximate surface area is 226 Å². The van der Waals surface area contributed by atoms with Crippen LogP contribution in [0.25, 0.3) is 0 Å². The Balaban J connectivity index is 1.38. The van der Waals surface area contributed by atoms with Gasteiger partial charge >= 0.3 is 0 Å². The van der Waals surface area contributed by atoms with Crippen LogP contribution < -0.4 is 4.74 Å². The summed E-state index contributed by atoms with van der Waals surface area (Å²) in [6.07, 6.45) is -12.5. The number of Topliss-reactive ketones (excluding diaryl/α,β-unsaturated/α-hetero) is 1. The molecule has 9 N–H and O–H groups in total. The molecule has 0 aromatic heterocycles. The van der Waals surface area contributed by atoms with Crippen LogP contribution in [0.4, 0.5) is 0 Å². The van der Waals surface area contributed by atoms with Crippen LogP contribution in [0.15, 0.2) is 30.3 Å².